The highest BCUT2D eigenvalue weighted by Crippen LogP contribution is 2.35. The topological polar surface area (TPSA) is 53.4 Å². The van der Waals surface area contributed by atoms with Crippen LogP contribution in [0, 0.1) is 0 Å². The third-order valence-electron chi connectivity index (χ3n) is 3.57. The average Bonchev–Trinajstić information content (AvgIpc) is 3.00. The number of benzene rings is 1. The molecule has 20 heavy (non-hydrogen) atoms. The third-order valence-corrected chi connectivity index (χ3v) is 5.17. The van der Waals surface area contributed by atoms with Crippen LogP contribution < -0.4 is 0 Å². The van der Waals surface area contributed by atoms with Crippen molar-refractivity contribution in [3.8, 4) is 10.6 Å². The Bertz CT molecular complexity index is 673. The maximum Gasteiger partial charge on any atom is 0.258 e. The number of hydrogen-bond donors (Lipinski definition) is 1. The highest BCUT2D eigenvalue weighted by atomic mass is 79.9. The Balaban J connectivity index is 2.02. The lowest BCUT2D eigenvalue weighted by Gasteiger charge is -2.21. The van der Waals surface area contributed by atoms with Crippen molar-refractivity contribution in [3.63, 3.8) is 0 Å². The molecule has 0 spiro atoms. The molecule has 1 atom stereocenters. The van der Waals surface area contributed by atoms with Gasteiger partial charge in [0.05, 0.1) is 0 Å². The van der Waals surface area contributed by atoms with Gasteiger partial charge in [-0.25, -0.2) is 4.98 Å². The molecular weight excluding hydrogens is 340 g/mol. The molecule has 1 saturated heterocycles. The molecule has 1 aromatic heterocycles. The van der Waals surface area contributed by atoms with Crippen molar-refractivity contribution in [3.05, 3.63) is 39.8 Å². The molecule has 0 bridgehead atoms. The number of carbonyl (C=O) groups excluding carboxylic acids is 1. The fourth-order valence-electron chi connectivity index (χ4n) is 2.42. The summed E-state index contributed by atoms with van der Waals surface area (Å²) >= 11 is 4.85. The number of likely N-dealkylation sites (tertiary alicyclic amines) is 1. The molecule has 1 aliphatic rings. The Kier molecular flexibility index (Phi) is 3.40. The zero-order chi connectivity index (χ0) is 14.3. The number of thiazole rings is 1. The van der Waals surface area contributed by atoms with E-state index in [0.717, 1.165) is 15.2 Å². The molecular formula is C14H13BrN2O2S. The summed E-state index contributed by atoms with van der Waals surface area (Å²) in [4.78, 5) is 18.1. The zero-order valence-corrected chi connectivity index (χ0v) is 13.2. The van der Waals surface area contributed by atoms with Crippen molar-refractivity contribution in [2.24, 2.45) is 0 Å². The van der Waals surface area contributed by atoms with Gasteiger partial charge in [0, 0.05) is 31.0 Å². The predicted octanol–water partition coefficient (Wildman–Crippen LogP) is 2.62. The fourth-order valence-corrected chi connectivity index (χ4v) is 3.67. The summed E-state index contributed by atoms with van der Waals surface area (Å²) in [5.41, 5.74) is 0.142. The van der Waals surface area contributed by atoms with E-state index >= 15 is 0 Å². The van der Waals surface area contributed by atoms with Crippen LogP contribution in [0.2, 0.25) is 0 Å². The number of hydrogen-bond acceptors (Lipinski definition) is 4. The van der Waals surface area contributed by atoms with E-state index < -0.39 is 5.60 Å². The van der Waals surface area contributed by atoms with Crippen LogP contribution in [-0.4, -0.2) is 34.5 Å². The number of nitrogens with zero attached hydrogens (tertiary/aromatic N) is 2. The monoisotopic (exact) mass is 352 g/mol. The van der Waals surface area contributed by atoms with E-state index in [4.69, 9.17) is 0 Å². The van der Waals surface area contributed by atoms with E-state index in [1.165, 1.54) is 11.3 Å². The maximum absolute atomic E-state index is 12.1. The second-order valence-electron chi connectivity index (χ2n) is 4.89. The number of carbonyl (C=O) groups is 1. The van der Waals surface area contributed by atoms with Gasteiger partial charge in [-0.2, -0.15) is 0 Å². The van der Waals surface area contributed by atoms with E-state index in [-0.39, 0.29) is 5.91 Å². The lowest BCUT2D eigenvalue weighted by Crippen LogP contribution is -2.36. The predicted molar refractivity (Wildman–Crippen MR) is 81.4 cm³/mol. The van der Waals surface area contributed by atoms with Gasteiger partial charge in [0.2, 0.25) is 0 Å². The Hall–Kier alpha value is -1.24. The Morgan fingerprint density at radius 2 is 2.30 bits per heavy atom. The molecule has 0 unspecified atom stereocenters. The minimum absolute atomic E-state index is 0.241. The van der Waals surface area contributed by atoms with Crippen LogP contribution in [0.4, 0.5) is 0 Å². The lowest BCUT2D eigenvalue weighted by molar-refractivity contribution is -0.143. The SMILES string of the molecule is CN1CC[C@](O)(c2cccc(-c3nc(Br)cs3)c2)C1=O. The Labute approximate surface area is 129 Å². The van der Waals surface area contributed by atoms with Crippen molar-refractivity contribution < 1.29 is 9.90 Å². The number of aliphatic hydroxyl groups is 1. The summed E-state index contributed by atoms with van der Waals surface area (Å²) in [6.45, 7) is 0.572. The standard InChI is InChI=1S/C14H13BrN2O2S/c1-17-6-5-14(19,13(17)18)10-4-2-3-9(7-10)12-16-11(15)8-20-12/h2-4,7-8,19H,5-6H2,1H3/t14-/m0/s1. The van der Waals surface area contributed by atoms with Gasteiger partial charge >= 0.3 is 0 Å². The van der Waals surface area contributed by atoms with Gasteiger partial charge in [-0.05, 0) is 27.6 Å². The smallest absolute Gasteiger partial charge is 0.258 e. The molecule has 0 saturated carbocycles. The van der Waals surface area contributed by atoms with Crippen molar-refractivity contribution in [1.29, 1.82) is 0 Å². The van der Waals surface area contributed by atoms with Crippen molar-refractivity contribution >= 4 is 33.2 Å². The Morgan fingerprint density at radius 3 is 2.90 bits per heavy atom. The maximum atomic E-state index is 12.1. The highest BCUT2D eigenvalue weighted by molar-refractivity contribution is 9.10. The van der Waals surface area contributed by atoms with Crippen LogP contribution >= 0.6 is 27.3 Å². The van der Waals surface area contributed by atoms with Gasteiger partial charge < -0.3 is 10.0 Å². The van der Waals surface area contributed by atoms with Crippen LogP contribution in [0.15, 0.2) is 34.2 Å². The third kappa shape index (κ3) is 2.17. The molecule has 0 radical (unpaired) electrons. The van der Waals surface area contributed by atoms with E-state index in [1.54, 1.807) is 18.0 Å². The van der Waals surface area contributed by atoms with Crippen LogP contribution in [0.3, 0.4) is 0 Å². The van der Waals surface area contributed by atoms with Gasteiger partial charge in [-0.3, -0.25) is 4.79 Å². The minimum atomic E-state index is -1.40. The van der Waals surface area contributed by atoms with E-state index in [1.807, 2.05) is 23.6 Å². The molecule has 1 aliphatic heterocycles. The zero-order valence-electron chi connectivity index (χ0n) is 10.8. The normalized spacial score (nSPS) is 22.6. The van der Waals surface area contributed by atoms with E-state index in [2.05, 4.69) is 20.9 Å². The molecule has 3 rings (SSSR count). The summed E-state index contributed by atoms with van der Waals surface area (Å²) in [5, 5.41) is 13.4. The molecule has 1 aromatic carbocycles. The van der Waals surface area contributed by atoms with Crippen LogP contribution in [-0.2, 0) is 10.4 Å². The van der Waals surface area contributed by atoms with Crippen LogP contribution in [0.1, 0.15) is 12.0 Å². The molecule has 1 fully saturated rings. The number of rotatable bonds is 2. The van der Waals surface area contributed by atoms with Gasteiger partial charge in [-0.1, -0.05) is 18.2 Å². The summed E-state index contributed by atoms with van der Waals surface area (Å²) in [5.74, 6) is -0.241. The van der Waals surface area contributed by atoms with Gasteiger partial charge in [0.25, 0.3) is 5.91 Å². The number of amides is 1. The van der Waals surface area contributed by atoms with Crippen molar-refractivity contribution in [2.45, 2.75) is 12.0 Å². The highest BCUT2D eigenvalue weighted by Gasteiger charge is 2.45. The van der Waals surface area contributed by atoms with E-state index in [0.29, 0.717) is 18.5 Å². The summed E-state index contributed by atoms with van der Waals surface area (Å²) in [7, 11) is 1.71. The van der Waals surface area contributed by atoms with Crippen LogP contribution in [0.25, 0.3) is 10.6 Å². The molecule has 104 valence electrons. The lowest BCUT2D eigenvalue weighted by atomic mass is 9.91. The van der Waals surface area contributed by atoms with Crippen molar-refractivity contribution in [2.75, 3.05) is 13.6 Å². The quantitative estimate of drug-likeness (QED) is 0.903. The molecule has 2 heterocycles. The first kappa shape index (κ1) is 13.7. The molecule has 1 amide bonds. The first-order chi connectivity index (χ1) is 9.50. The van der Waals surface area contributed by atoms with Gasteiger partial charge in [0.15, 0.2) is 5.60 Å². The second kappa shape index (κ2) is 4.95. The molecule has 0 aliphatic carbocycles. The molecule has 1 N–H and O–H groups in total. The molecule has 4 nitrogen and oxygen atoms in total. The molecule has 2 aromatic rings. The largest absolute Gasteiger partial charge is 0.375 e. The van der Waals surface area contributed by atoms with Crippen LogP contribution in [0.5, 0.6) is 0 Å². The summed E-state index contributed by atoms with van der Waals surface area (Å²) in [6.07, 6.45) is 0.424. The summed E-state index contributed by atoms with van der Waals surface area (Å²) < 4.78 is 0.790. The second-order valence-corrected chi connectivity index (χ2v) is 6.56. The summed E-state index contributed by atoms with van der Waals surface area (Å²) in [6, 6.07) is 7.43. The average molecular weight is 353 g/mol. The number of likely N-dealkylation sites (N-methyl/N-ethyl adjacent to an activating group) is 1. The van der Waals surface area contributed by atoms with Gasteiger partial charge in [-0.15, -0.1) is 11.3 Å². The molecule has 6 heteroatoms. The minimum Gasteiger partial charge on any atom is -0.375 e. The van der Waals surface area contributed by atoms with Gasteiger partial charge in [0.1, 0.15) is 9.61 Å². The number of halogens is 1. The van der Waals surface area contributed by atoms with E-state index in [9.17, 15) is 9.90 Å². The number of aromatic nitrogens is 1. The van der Waals surface area contributed by atoms with Crippen molar-refractivity contribution in [1.82, 2.24) is 9.88 Å². The fraction of sp³-hybridized carbons (Fsp3) is 0.286. The Morgan fingerprint density at radius 1 is 1.50 bits per heavy atom. The first-order valence-corrected chi connectivity index (χ1v) is 7.88. The first-order valence-electron chi connectivity index (χ1n) is 6.20.